The van der Waals surface area contributed by atoms with Crippen LogP contribution in [0.5, 0.6) is 17.2 Å². The predicted octanol–water partition coefficient (Wildman–Crippen LogP) is 4.88. The van der Waals surface area contributed by atoms with Crippen LogP contribution >= 0.6 is 0 Å². The van der Waals surface area contributed by atoms with Crippen LogP contribution in [0.2, 0.25) is 0 Å². The number of carboxylic acids is 1. The number of hydrogen-bond donors (Lipinski definition) is 3. The van der Waals surface area contributed by atoms with Crippen molar-refractivity contribution in [2.75, 3.05) is 7.11 Å². The number of imide groups is 1. The van der Waals surface area contributed by atoms with Gasteiger partial charge in [0.25, 0.3) is 5.91 Å². The number of hydrogen-bond acceptors (Lipinski definition) is 7. The van der Waals surface area contributed by atoms with E-state index in [2.05, 4.69) is 5.32 Å². The zero-order valence-electron chi connectivity index (χ0n) is 20.1. The summed E-state index contributed by atoms with van der Waals surface area (Å²) in [5, 5.41) is 21.5. The molecule has 0 fully saturated rings. The number of aromatic hydroxyl groups is 1. The Balaban J connectivity index is 1.91. The van der Waals surface area contributed by atoms with Crippen molar-refractivity contribution >= 4 is 18.0 Å². The lowest BCUT2D eigenvalue weighted by atomic mass is 9.99. The van der Waals surface area contributed by atoms with Crippen LogP contribution in [0.15, 0.2) is 91.0 Å². The lowest BCUT2D eigenvalue weighted by Crippen LogP contribution is -2.36. The van der Waals surface area contributed by atoms with E-state index in [-0.39, 0.29) is 29.9 Å². The Kier molecular flexibility index (Phi) is 9.66. The van der Waals surface area contributed by atoms with Crippen molar-refractivity contribution in [2.45, 2.75) is 25.0 Å². The number of phenolic OH excluding ortho intramolecular Hbond substituents is 1. The molecule has 0 aliphatic heterocycles. The van der Waals surface area contributed by atoms with E-state index in [1.165, 1.54) is 25.3 Å². The molecule has 0 aliphatic rings. The molecule has 0 heterocycles. The van der Waals surface area contributed by atoms with E-state index in [4.69, 9.17) is 19.3 Å². The van der Waals surface area contributed by atoms with Gasteiger partial charge in [0, 0.05) is 17.2 Å². The molecule has 3 N–H and O–H groups in total. The van der Waals surface area contributed by atoms with Crippen LogP contribution in [0.25, 0.3) is 0 Å². The molecule has 0 spiro atoms. The van der Waals surface area contributed by atoms with Crippen molar-refractivity contribution in [2.24, 2.45) is 0 Å². The summed E-state index contributed by atoms with van der Waals surface area (Å²) in [5.41, 5.74) is 0.651. The number of carbonyl (C=O) groups is 3. The average molecular weight is 506 g/mol. The number of carboxylic acid groups (broad SMARTS) is 1. The maximum absolute atomic E-state index is 12.8. The fourth-order valence-electron chi connectivity index (χ4n) is 3.53. The maximum atomic E-state index is 12.8. The molecule has 0 bridgehead atoms. The van der Waals surface area contributed by atoms with Gasteiger partial charge in [0.2, 0.25) is 0 Å². The highest BCUT2D eigenvalue weighted by atomic mass is 16.6. The van der Waals surface area contributed by atoms with Crippen molar-refractivity contribution in [1.29, 1.82) is 0 Å². The highest BCUT2D eigenvalue weighted by Gasteiger charge is 2.30. The smallest absolute Gasteiger partial charge is 0.414 e. The number of alkyl carbamates (subject to hydrolysis) is 1. The first kappa shape index (κ1) is 26.8. The van der Waals surface area contributed by atoms with Gasteiger partial charge >= 0.3 is 12.1 Å². The zero-order chi connectivity index (χ0) is 26.6. The molecule has 0 unspecified atom stereocenters. The maximum Gasteiger partial charge on any atom is 0.414 e. The number of phenols is 1. The monoisotopic (exact) mass is 505 g/mol. The topological polar surface area (TPSA) is 131 Å². The number of allylic oxidation sites excluding steroid dienone is 1. The average Bonchev–Trinajstić information content (AvgIpc) is 2.90. The molecule has 2 atom stereocenters. The molecule has 9 heteroatoms. The fraction of sp³-hybridized carbons (Fsp3) is 0.179. The summed E-state index contributed by atoms with van der Waals surface area (Å²) in [7, 11) is 1.40. The van der Waals surface area contributed by atoms with E-state index in [1.807, 2.05) is 6.07 Å². The van der Waals surface area contributed by atoms with Gasteiger partial charge in [-0.3, -0.25) is 10.1 Å². The molecule has 9 nitrogen and oxygen atoms in total. The first-order chi connectivity index (χ1) is 17.9. The third kappa shape index (κ3) is 8.14. The van der Waals surface area contributed by atoms with E-state index in [0.29, 0.717) is 11.3 Å². The SMILES string of the molecule is COc1ccc([C@@H](OC(=O)NC(=O)c2ccccc2)[C@@H](CC/C=C/C(=O)O)Oc2ccccc2)cc1O. The molecule has 2 amide bonds. The van der Waals surface area contributed by atoms with Gasteiger partial charge in [-0.05, 0) is 49.2 Å². The third-order valence-electron chi connectivity index (χ3n) is 5.26. The Morgan fingerprint density at radius 1 is 0.973 bits per heavy atom. The Bertz CT molecular complexity index is 1230. The lowest BCUT2D eigenvalue weighted by Gasteiger charge is -2.28. The van der Waals surface area contributed by atoms with Gasteiger partial charge in [0.15, 0.2) is 17.6 Å². The second-order valence-electron chi connectivity index (χ2n) is 7.86. The quantitative estimate of drug-likeness (QED) is 0.314. The molecular formula is C28H27NO8. The van der Waals surface area contributed by atoms with Crippen LogP contribution in [0.1, 0.15) is 34.9 Å². The molecule has 3 rings (SSSR count). The molecule has 0 aromatic heterocycles. The normalized spacial score (nSPS) is 12.4. The second kappa shape index (κ2) is 13.3. The first-order valence-electron chi connectivity index (χ1n) is 11.4. The van der Waals surface area contributed by atoms with Gasteiger partial charge in [-0.1, -0.05) is 48.5 Å². The summed E-state index contributed by atoms with van der Waals surface area (Å²) in [6.07, 6.45) is 0.0966. The first-order valence-corrected chi connectivity index (χ1v) is 11.4. The van der Waals surface area contributed by atoms with Gasteiger partial charge in [-0.2, -0.15) is 0 Å². The zero-order valence-corrected chi connectivity index (χ0v) is 20.1. The number of nitrogens with one attached hydrogen (secondary N) is 1. The number of ether oxygens (including phenoxy) is 3. The van der Waals surface area contributed by atoms with Crippen LogP contribution in [0.3, 0.4) is 0 Å². The van der Waals surface area contributed by atoms with Gasteiger partial charge in [0.05, 0.1) is 7.11 Å². The number of aliphatic carboxylic acids is 1. The van der Waals surface area contributed by atoms with E-state index < -0.39 is 30.2 Å². The largest absolute Gasteiger partial charge is 0.504 e. The van der Waals surface area contributed by atoms with E-state index in [1.54, 1.807) is 60.7 Å². The number of methoxy groups -OCH3 is 1. The predicted molar refractivity (Wildman–Crippen MR) is 135 cm³/mol. The third-order valence-corrected chi connectivity index (χ3v) is 5.26. The summed E-state index contributed by atoms with van der Waals surface area (Å²) < 4.78 is 16.9. The molecule has 0 saturated heterocycles. The molecule has 0 saturated carbocycles. The van der Waals surface area contributed by atoms with Crippen molar-refractivity contribution < 1.29 is 38.8 Å². The second-order valence-corrected chi connectivity index (χ2v) is 7.86. The standard InChI is InChI=1S/C28H27NO8/c1-35-23-17-16-20(18-22(23)30)26(37-28(34)29-27(33)19-10-4-2-5-11-19)24(14-8-9-15-25(31)32)36-21-12-6-3-7-13-21/h2-7,9-13,15-18,24,26,30H,8,14H2,1H3,(H,31,32)(H,29,33,34)/b15-9+/t24-,26-/m1/s1. The highest BCUT2D eigenvalue weighted by molar-refractivity contribution is 6.02. The van der Waals surface area contributed by atoms with Gasteiger partial charge < -0.3 is 24.4 Å². The van der Waals surface area contributed by atoms with Crippen LogP contribution in [-0.4, -0.2) is 41.4 Å². The van der Waals surface area contributed by atoms with Crippen molar-refractivity contribution in [3.63, 3.8) is 0 Å². The molecule has 3 aromatic carbocycles. The van der Waals surface area contributed by atoms with Crippen LogP contribution in [0, 0.1) is 0 Å². The summed E-state index contributed by atoms with van der Waals surface area (Å²) in [5.74, 6) is -1.21. The Hall–Kier alpha value is -4.79. The summed E-state index contributed by atoms with van der Waals surface area (Å²) >= 11 is 0. The van der Waals surface area contributed by atoms with Gasteiger partial charge in [-0.25, -0.2) is 9.59 Å². The van der Waals surface area contributed by atoms with Gasteiger partial charge in [0.1, 0.15) is 11.9 Å². The summed E-state index contributed by atoms with van der Waals surface area (Å²) in [4.78, 5) is 36.2. The molecule has 0 aliphatic carbocycles. The van der Waals surface area contributed by atoms with E-state index in [9.17, 15) is 19.5 Å². The lowest BCUT2D eigenvalue weighted by molar-refractivity contribution is -0.131. The van der Waals surface area contributed by atoms with Crippen LogP contribution in [-0.2, 0) is 9.53 Å². The van der Waals surface area contributed by atoms with E-state index in [0.717, 1.165) is 6.08 Å². The van der Waals surface area contributed by atoms with Crippen molar-refractivity contribution in [3.05, 3.63) is 102 Å². The highest BCUT2D eigenvalue weighted by Crippen LogP contribution is 2.34. The Morgan fingerprint density at radius 2 is 1.65 bits per heavy atom. The van der Waals surface area contributed by atoms with Crippen molar-refractivity contribution in [3.8, 4) is 17.2 Å². The number of para-hydroxylation sites is 1. The molecule has 37 heavy (non-hydrogen) atoms. The number of amides is 2. The number of carbonyl (C=O) groups excluding carboxylic acids is 2. The molecule has 3 aromatic rings. The van der Waals surface area contributed by atoms with Crippen molar-refractivity contribution in [1.82, 2.24) is 5.32 Å². The summed E-state index contributed by atoms with van der Waals surface area (Å²) in [6, 6.07) is 21.5. The molecule has 0 radical (unpaired) electrons. The fourth-order valence-corrected chi connectivity index (χ4v) is 3.53. The molecule has 192 valence electrons. The number of rotatable bonds is 11. The minimum absolute atomic E-state index is 0.182. The minimum Gasteiger partial charge on any atom is -0.504 e. The Labute approximate surface area is 213 Å². The summed E-state index contributed by atoms with van der Waals surface area (Å²) in [6.45, 7) is 0. The van der Waals surface area contributed by atoms with Crippen LogP contribution in [0.4, 0.5) is 4.79 Å². The minimum atomic E-state index is -1.09. The van der Waals surface area contributed by atoms with Gasteiger partial charge in [-0.15, -0.1) is 0 Å². The van der Waals surface area contributed by atoms with Crippen LogP contribution < -0.4 is 14.8 Å². The number of benzene rings is 3. The van der Waals surface area contributed by atoms with E-state index >= 15 is 0 Å². The Morgan fingerprint density at radius 3 is 2.27 bits per heavy atom. The molecular weight excluding hydrogens is 478 g/mol.